The van der Waals surface area contributed by atoms with E-state index < -0.39 is 39.1 Å². The minimum absolute atomic E-state index is 0.0913. The first-order valence-electron chi connectivity index (χ1n) is 20.4. The molecule has 8 rings (SSSR count). The van der Waals surface area contributed by atoms with Crippen molar-refractivity contribution in [2.24, 2.45) is 11.8 Å². The van der Waals surface area contributed by atoms with Crippen LogP contribution < -0.4 is 14.4 Å². The number of benzene rings is 2. The number of aryl methyl sites for hydroxylation is 1. The zero-order valence-electron chi connectivity index (χ0n) is 32.3. The topological polar surface area (TPSA) is 138 Å². The van der Waals surface area contributed by atoms with Crippen LogP contribution in [0, 0.1) is 11.8 Å². The molecule has 2 bridgehead atoms. The smallest absolute Gasteiger partial charge is 0.270 e. The van der Waals surface area contributed by atoms with Crippen LogP contribution in [0.25, 0.3) is 0 Å². The number of rotatable bonds is 7. The highest BCUT2D eigenvalue weighted by Gasteiger charge is 2.48. The van der Waals surface area contributed by atoms with E-state index in [2.05, 4.69) is 38.8 Å². The summed E-state index contributed by atoms with van der Waals surface area (Å²) in [7, 11) is -2.38. The summed E-state index contributed by atoms with van der Waals surface area (Å²) in [5.74, 6) is -0.444. The molecular weight excluding hydrogens is 756 g/mol. The van der Waals surface area contributed by atoms with Crippen LogP contribution in [0.4, 0.5) is 5.69 Å². The quantitative estimate of drug-likeness (QED) is 0.393. The van der Waals surface area contributed by atoms with Gasteiger partial charge in [0.1, 0.15) is 5.75 Å². The van der Waals surface area contributed by atoms with Crippen LogP contribution in [0.15, 0.2) is 48.6 Å². The SMILES string of the molecule is CN1CC/C=C\[C@H](OCCN2CCOCC2)[C@@H]2CC[C@H]2CN2C[C@@]3(CCCc4cc(Cl)ccc43)COc3ccc(cc32)[C@@](O)(C(=O)NS(=O)(=O)C2CC2)CC1=O. The lowest BCUT2D eigenvalue weighted by atomic mass is 9.68. The molecule has 6 aliphatic rings. The second-order valence-electron chi connectivity index (χ2n) is 16.8. The van der Waals surface area contributed by atoms with Gasteiger partial charge in [0.2, 0.25) is 15.9 Å². The highest BCUT2D eigenvalue weighted by atomic mass is 35.5. The lowest BCUT2D eigenvalue weighted by Crippen LogP contribution is -2.51. The molecule has 1 saturated heterocycles. The number of fused-ring (bicyclic) bond motifs is 4. The molecule has 2 amide bonds. The maximum absolute atomic E-state index is 14.0. The number of ether oxygens (including phenoxy) is 3. The molecule has 3 heterocycles. The molecule has 0 aromatic heterocycles. The van der Waals surface area contributed by atoms with Gasteiger partial charge in [0.15, 0.2) is 5.60 Å². The first-order valence-corrected chi connectivity index (χ1v) is 22.3. The van der Waals surface area contributed by atoms with E-state index in [1.807, 2.05) is 6.07 Å². The molecule has 304 valence electrons. The number of hydrogen-bond acceptors (Lipinski definition) is 10. The Bertz CT molecular complexity index is 1940. The number of nitrogens with one attached hydrogen (secondary N) is 1. The Hall–Kier alpha value is -3.20. The Morgan fingerprint density at radius 1 is 1.09 bits per heavy atom. The van der Waals surface area contributed by atoms with Crippen LogP contribution in [0.5, 0.6) is 5.75 Å². The number of morpholine rings is 1. The van der Waals surface area contributed by atoms with E-state index in [0.29, 0.717) is 68.6 Å². The largest absolute Gasteiger partial charge is 0.490 e. The highest BCUT2D eigenvalue weighted by molar-refractivity contribution is 7.90. The summed E-state index contributed by atoms with van der Waals surface area (Å²) in [5, 5.41) is 12.4. The minimum Gasteiger partial charge on any atom is -0.490 e. The van der Waals surface area contributed by atoms with E-state index in [9.17, 15) is 23.1 Å². The van der Waals surface area contributed by atoms with Crippen molar-refractivity contribution in [3.8, 4) is 5.75 Å². The van der Waals surface area contributed by atoms with E-state index in [1.54, 1.807) is 25.2 Å². The van der Waals surface area contributed by atoms with Crippen molar-refractivity contribution in [2.45, 2.75) is 80.2 Å². The summed E-state index contributed by atoms with van der Waals surface area (Å²) >= 11 is 6.50. The molecule has 1 spiro atoms. The third-order valence-electron chi connectivity index (χ3n) is 13.1. The van der Waals surface area contributed by atoms with E-state index in [1.165, 1.54) is 16.0 Å². The lowest BCUT2D eigenvalue weighted by molar-refractivity contribution is -0.148. The zero-order valence-corrected chi connectivity index (χ0v) is 33.9. The van der Waals surface area contributed by atoms with E-state index >= 15 is 0 Å². The molecule has 3 aliphatic heterocycles. The van der Waals surface area contributed by atoms with Crippen molar-refractivity contribution in [1.29, 1.82) is 0 Å². The molecular formula is C42H55ClN4O8S. The molecule has 56 heavy (non-hydrogen) atoms. The number of sulfonamides is 1. The Morgan fingerprint density at radius 2 is 1.91 bits per heavy atom. The van der Waals surface area contributed by atoms with Crippen LogP contribution in [-0.2, 0) is 46.5 Å². The molecule has 3 fully saturated rings. The molecule has 2 N–H and O–H groups in total. The van der Waals surface area contributed by atoms with Gasteiger partial charge in [-0.2, -0.15) is 0 Å². The Labute approximate surface area is 335 Å². The Balaban J connectivity index is 1.17. The Morgan fingerprint density at radius 3 is 2.68 bits per heavy atom. The third-order valence-corrected chi connectivity index (χ3v) is 15.1. The molecule has 12 nitrogen and oxygen atoms in total. The number of nitrogens with zero attached hydrogens (tertiary/aromatic N) is 3. The average Bonchev–Trinajstić information content (AvgIpc) is 4.04. The number of anilines is 1. The van der Waals surface area contributed by atoms with Crippen molar-refractivity contribution in [2.75, 3.05) is 77.6 Å². The zero-order chi connectivity index (χ0) is 39.1. The van der Waals surface area contributed by atoms with Crippen molar-refractivity contribution < 1.29 is 37.3 Å². The summed E-state index contributed by atoms with van der Waals surface area (Å²) in [4.78, 5) is 34.1. The van der Waals surface area contributed by atoms with Gasteiger partial charge in [0.25, 0.3) is 5.91 Å². The second kappa shape index (κ2) is 16.2. The van der Waals surface area contributed by atoms with Crippen LogP contribution >= 0.6 is 11.6 Å². The second-order valence-corrected chi connectivity index (χ2v) is 19.2. The monoisotopic (exact) mass is 810 g/mol. The summed E-state index contributed by atoms with van der Waals surface area (Å²) in [5.41, 5.74) is 0.479. The highest BCUT2D eigenvalue weighted by Crippen LogP contribution is 2.48. The summed E-state index contributed by atoms with van der Waals surface area (Å²) < 4.78 is 47.2. The van der Waals surface area contributed by atoms with Gasteiger partial charge in [-0.1, -0.05) is 35.9 Å². The van der Waals surface area contributed by atoms with E-state index in [-0.39, 0.29) is 28.9 Å². The minimum atomic E-state index is -4.02. The summed E-state index contributed by atoms with van der Waals surface area (Å²) in [6.45, 7) is 6.83. The molecule has 3 aliphatic carbocycles. The molecule has 0 unspecified atom stereocenters. The normalized spacial score (nSPS) is 30.7. The number of halogens is 1. The number of carbonyl (C=O) groups excluding carboxylic acids is 2. The van der Waals surface area contributed by atoms with E-state index in [4.69, 9.17) is 25.8 Å². The molecule has 2 aromatic rings. The predicted octanol–water partition coefficient (Wildman–Crippen LogP) is 4.16. The first kappa shape index (κ1) is 39.6. The van der Waals surface area contributed by atoms with Gasteiger partial charge in [-0.05, 0) is 104 Å². The standard InChI is InChI=1S/C42H55ClN4O8S/c1-45-16-3-2-6-37(54-22-19-46-17-20-53-21-18-46)34-12-7-30(34)26-47-27-41(15-4-5-29-23-32(43)9-13-35(29)41)28-55-38-14-8-31(24-36(38)47)42(50,25-39(45)48)40(49)44-56(51,52)33-10-11-33/h2,6,8-9,13-14,23-24,30,33-34,37,50H,3-5,7,10-12,15-22,25-28H2,1H3,(H,44,49)/b6-2-/t30-,34+,37-,41-,42+/m0/s1. The molecule has 5 atom stereocenters. The molecule has 2 aromatic carbocycles. The van der Waals surface area contributed by atoms with Gasteiger partial charge in [0, 0.05) is 56.8 Å². The average molecular weight is 811 g/mol. The van der Waals surface area contributed by atoms with Crippen molar-refractivity contribution >= 4 is 39.1 Å². The maximum atomic E-state index is 14.0. The fraction of sp³-hybridized carbons (Fsp3) is 0.619. The fourth-order valence-electron chi connectivity index (χ4n) is 9.34. The van der Waals surface area contributed by atoms with Crippen molar-refractivity contribution in [1.82, 2.24) is 14.5 Å². The van der Waals surface area contributed by atoms with Gasteiger partial charge in [0.05, 0.1) is 49.9 Å². The summed E-state index contributed by atoms with van der Waals surface area (Å²) in [6.07, 6.45) is 9.83. The number of amides is 2. The fourth-order valence-corrected chi connectivity index (χ4v) is 10.9. The number of aliphatic hydroxyl groups is 1. The van der Waals surface area contributed by atoms with Gasteiger partial charge < -0.3 is 29.1 Å². The lowest BCUT2D eigenvalue weighted by Gasteiger charge is -2.46. The van der Waals surface area contributed by atoms with Crippen LogP contribution in [-0.4, -0.2) is 119 Å². The van der Waals surface area contributed by atoms with Gasteiger partial charge in [-0.15, -0.1) is 0 Å². The number of hydrogen-bond donors (Lipinski definition) is 2. The number of carbonyl (C=O) groups is 2. The van der Waals surface area contributed by atoms with Crippen molar-refractivity contribution in [3.05, 3.63) is 70.3 Å². The van der Waals surface area contributed by atoms with Crippen LogP contribution in [0.1, 0.15) is 68.1 Å². The van der Waals surface area contributed by atoms with E-state index in [0.717, 1.165) is 65.0 Å². The van der Waals surface area contributed by atoms with Gasteiger partial charge in [-0.25, -0.2) is 8.42 Å². The summed E-state index contributed by atoms with van der Waals surface area (Å²) in [6, 6.07) is 11.2. The van der Waals surface area contributed by atoms with Crippen LogP contribution in [0.3, 0.4) is 0 Å². The van der Waals surface area contributed by atoms with Gasteiger partial charge in [-0.3, -0.25) is 19.2 Å². The maximum Gasteiger partial charge on any atom is 0.270 e. The van der Waals surface area contributed by atoms with Gasteiger partial charge >= 0.3 is 0 Å². The van der Waals surface area contributed by atoms with Crippen LogP contribution in [0.2, 0.25) is 5.02 Å². The molecule has 0 radical (unpaired) electrons. The molecule has 2 saturated carbocycles. The first-order chi connectivity index (χ1) is 26.9. The third kappa shape index (κ3) is 8.22. The Kier molecular flexibility index (Phi) is 11.5. The molecule has 14 heteroatoms. The van der Waals surface area contributed by atoms with Crippen molar-refractivity contribution in [3.63, 3.8) is 0 Å². The predicted molar refractivity (Wildman–Crippen MR) is 213 cm³/mol.